The molecule has 0 saturated carbocycles. The van der Waals surface area contributed by atoms with E-state index in [1.165, 1.54) is 11.8 Å². The highest BCUT2D eigenvalue weighted by molar-refractivity contribution is 7.99. The largest absolute Gasteiger partial charge is 0.413 e. The minimum atomic E-state index is -0.536. The van der Waals surface area contributed by atoms with Crippen LogP contribution in [0.1, 0.15) is 50.7 Å². The van der Waals surface area contributed by atoms with Crippen molar-refractivity contribution in [1.29, 1.82) is 0 Å². The summed E-state index contributed by atoms with van der Waals surface area (Å²) in [4.78, 5) is 23.7. The summed E-state index contributed by atoms with van der Waals surface area (Å²) in [5, 5.41) is 5.27. The Balaban J connectivity index is 1.65. The minimum absolute atomic E-state index is 0.297. The molecule has 0 saturated heterocycles. The topological polar surface area (TPSA) is 76.7 Å². The Labute approximate surface area is 176 Å². The smallest absolute Gasteiger partial charge is 0.410 e. The molecule has 0 aliphatic heterocycles. The second-order valence-corrected chi connectivity index (χ2v) is 8.07. The predicted octanol–water partition coefficient (Wildman–Crippen LogP) is 5.46. The van der Waals surface area contributed by atoms with Gasteiger partial charge in [-0.05, 0) is 47.2 Å². The number of benzene rings is 2. The van der Waals surface area contributed by atoms with E-state index in [-0.39, 0.29) is 0 Å². The van der Waals surface area contributed by atoms with Crippen molar-refractivity contribution in [2.45, 2.75) is 39.5 Å². The van der Waals surface area contributed by atoms with Gasteiger partial charge in [-0.15, -0.1) is 11.8 Å². The van der Waals surface area contributed by atoms with Crippen LogP contribution in [-0.4, -0.2) is 23.9 Å². The Morgan fingerprint density at radius 3 is 1.59 bits per heavy atom. The van der Waals surface area contributed by atoms with Crippen molar-refractivity contribution in [3.63, 3.8) is 0 Å². The average Bonchev–Trinajstić information content (AvgIpc) is 2.68. The molecule has 0 atom stereocenters. The molecule has 2 amide bonds. The highest BCUT2D eigenvalue weighted by Crippen LogP contribution is 2.21. The van der Waals surface area contributed by atoms with Crippen LogP contribution >= 0.6 is 11.8 Å². The molecule has 2 aromatic carbocycles. The molecule has 7 heteroatoms. The number of nitrogens with one attached hydrogen (secondary N) is 2. The quantitative estimate of drug-likeness (QED) is 0.441. The van der Waals surface area contributed by atoms with Crippen LogP contribution in [0, 0.1) is 0 Å². The van der Waals surface area contributed by atoms with Crippen LogP contribution in [0.15, 0.2) is 48.5 Å². The van der Waals surface area contributed by atoms with Crippen LogP contribution in [-0.2, 0) is 0 Å². The summed E-state index contributed by atoms with van der Waals surface area (Å²) in [6, 6.07) is 14.9. The summed E-state index contributed by atoms with van der Waals surface area (Å²) in [6.45, 7) is 8.31. The Morgan fingerprint density at radius 2 is 1.21 bits per heavy atom. The van der Waals surface area contributed by atoms with Gasteiger partial charge >= 0.3 is 12.2 Å². The maximum atomic E-state index is 11.9. The molecular weight excluding hydrogens is 388 g/mol. The molecule has 156 valence electrons. The van der Waals surface area contributed by atoms with Crippen LogP contribution in [0.5, 0.6) is 11.5 Å². The summed E-state index contributed by atoms with van der Waals surface area (Å²) in [6.07, 6.45) is -1.07. The summed E-state index contributed by atoms with van der Waals surface area (Å²) in [7, 11) is 0. The third-order valence-corrected chi connectivity index (χ3v) is 4.80. The van der Waals surface area contributed by atoms with E-state index in [9.17, 15) is 9.59 Å². The number of amides is 2. The van der Waals surface area contributed by atoms with Crippen LogP contribution in [0.2, 0.25) is 0 Å². The molecular formula is C22H28N2O4S. The van der Waals surface area contributed by atoms with Crippen LogP contribution in [0.3, 0.4) is 0 Å². The lowest BCUT2D eigenvalue weighted by molar-refractivity contribution is 0.202. The molecule has 0 aliphatic carbocycles. The van der Waals surface area contributed by atoms with Crippen molar-refractivity contribution in [3.8, 4) is 11.5 Å². The number of carbonyl (C=O) groups is 2. The average molecular weight is 417 g/mol. The molecule has 6 nitrogen and oxygen atoms in total. The van der Waals surface area contributed by atoms with E-state index in [0.717, 1.165) is 11.1 Å². The van der Waals surface area contributed by atoms with Crippen LogP contribution in [0.25, 0.3) is 0 Å². The zero-order valence-electron chi connectivity index (χ0n) is 17.2. The molecule has 0 bridgehead atoms. The molecule has 2 rings (SSSR count). The lowest BCUT2D eigenvalue weighted by atomic mass is 10.0. The first-order valence-corrected chi connectivity index (χ1v) is 10.7. The molecule has 0 spiro atoms. The number of ether oxygens (including phenoxy) is 2. The number of carbonyl (C=O) groups excluding carboxylic acids is 2. The zero-order chi connectivity index (χ0) is 21.2. The van der Waals surface area contributed by atoms with Crippen molar-refractivity contribution in [3.05, 3.63) is 59.7 Å². The molecule has 0 aliphatic rings. The highest BCUT2D eigenvalue weighted by atomic mass is 32.2. The standard InChI is InChI=1S/C22H28N2O4S/c1-15(2)17-7-5-9-19(11-17)27-21(25)23-13-29-14-24-22(26)28-20-10-6-8-18(12-20)16(3)4/h5-12,15-16H,13-14H2,1-4H3,(H,23,25)(H,24,26). The fourth-order valence-electron chi connectivity index (χ4n) is 2.43. The molecule has 0 unspecified atom stereocenters. The first-order valence-electron chi connectivity index (χ1n) is 9.54. The molecule has 0 fully saturated rings. The monoisotopic (exact) mass is 416 g/mol. The van der Waals surface area contributed by atoms with Gasteiger partial charge in [0.15, 0.2) is 0 Å². The number of thioether (sulfide) groups is 1. The van der Waals surface area contributed by atoms with Gasteiger partial charge in [0.05, 0.1) is 11.8 Å². The van der Waals surface area contributed by atoms with Gasteiger partial charge in [0.1, 0.15) is 11.5 Å². The molecule has 2 aromatic rings. The molecule has 0 radical (unpaired) electrons. The summed E-state index contributed by atoms with van der Waals surface area (Å²) in [5.74, 6) is 2.32. The summed E-state index contributed by atoms with van der Waals surface area (Å²) >= 11 is 1.32. The second-order valence-electron chi connectivity index (χ2n) is 7.08. The van der Waals surface area contributed by atoms with Crippen LogP contribution < -0.4 is 20.1 Å². The van der Waals surface area contributed by atoms with Gasteiger partial charge in [-0.3, -0.25) is 0 Å². The van der Waals surface area contributed by atoms with E-state index in [0.29, 0.717) is 35.1 Å². The van der Waals surface area contributed by atoms with Gasteiger partial charge in [0, 0.05) is 0 Å². The normalized spacial score (nSPS) is 10.7. The SMILES string of the molecule is CC(C)c1cccc(OC(=O)NCSCNC(=O)Oc2cccc(C(C)C)c2)c1. The van der Waals surface area contributed by atoms with Crippen molar-refractivity contribution < 1.29 is 19.1 Å². The van der Waals surface area contributed by atoms with E-state index in [1.807, 2.05) is 36.4 Å². The predicted molar refractivity (Wildman–Crippen MR) is 117 cm³/mol. The van der Waals surface area contributed by atoms with Gasteiger partial charge < -0.3 is 20.1 Å². The van der Waals surface area contributed by atoms with E-state index >= 15 is 0 Å². The number of hydrogen-bond donors (Lipinski definition) is 2. The Kier molecular flexibility index (Phi) is 8.86. The molecule has 29 heavy (non-hydrogen) atoms. The fourth-order valence-corrected chi connectivity index (χ4v) is 2.97. The summed E-state index contributed by atoms with van der Waals surface area (Å²) < 4.78 is 10.5. The van der Waals surface area contributed by atoms with Crippen LogP contribution in [0.4, 0.5) is 9.59 Å². The van der Waals surface area contributed by atoms with E-state index < -0.39 is 12.2 Å². The molecule has 0 aromatic heterocycles. The maximum absolute atomic E-state index is 11.9. The number of hydrogen-bond acceptors (Lipinski definition) is 5. The van der Waals surface area contributed by atoms with Crippen molar-refractivity contribution >= 4 is 23.9 Å². The van der Waals surface area contributed by atoms with E-state index in [2.05, 4.69) is 38.3 Å². The van der Waals surface area contributed by atoms with E-state index in [1.54, 1.807) is 12.1 Å². The van der Waals surface area contributed by atoms with Crippen molar-refractivity contribution in [2.24, 2.45) is 0 Å². The van der Waals surface area contributed by atoms with Crippen molar-refractivity contribution in [1.82, 2.24) is 10.6 Å². The fraction of sp³-hybridized carbons (Fsp3) is 0.364. The first kappa shape index (κ1) is 22.6. The number of rotatable bonds is 8. The minimum Gasteiger partial charge on any atom is -0.410 e. The lowest BCUT2D eigenvalue weighted by Crippen LogP contribution is -2.30. The lowest BCUT2D eigenvalue weighted by Gasteiger charge is -2.10. The highest BCUT2D eigenvalue weighted by Gasteiger charge is 2.08. The third kappa shape index (κ3) is 8.07. The molecule has 0 heterocycles. The van der Waals surface area contributed by atoms with Gasteiger partial charge in [-0.1, -0.05) is 52.0 Å². The first-order chi connectivity index (χ1) is 13.8. The summed E-state index contributed by atoms with van der Waals surface area (Å²) in [5.41, 5.74) is 2.21. The Hall–Kier alpha value is -2.67. The second kappa shape index (κ2) is 11.4. The maximum Gasteiger partial charge on any atom is 0.413 e. The Bertz CT molecular complexity index is 756. The third-order valence-electron chi connectivity index (χ3n) is 4.11. The van der Waals surface area contributed by atoms with Gasteiger partial charge in [0.25, 0.3) is 0 Å². The van der Waals surface area contributed by atoms with Gasteiger partial charge in [0.2, 0.25) is 0 Å². The van der Waals surface area contributed by atoms with Crippen molar-refractivity contribution in [2.75, 3.05) is 11.8 Å². The zero-order valence-corrected chi connectivity index (χ0v) is 18.0. The van der Waals surface area contributed by atoms with Gasteiger partial charge in [-0.25, -0.2) is 9.59 Å². The Morgan fingerprint density at radius 1 is 0.793 bits per heavy atom. The van der Waals surface area contributed by atoms with Gasteiger partial charge in [-0.2, -0.15) is 0 Å². The van der Waals surface area contributed by atoms with E-state index in [4.69, 9.17) is 9.47 Å². The molecule has 2 N–H and O–H groups in total.